The fraction of sp³-hybridized carbons (Fsp3) is 1.00. The van der Waals surface area contributed by atoms with Crippen LogP contribution in [0.3, 0.4) is 0 Å². The van der Waals surface area contributed by atoms with Crippen LogP contribution in [0.15, 0.2) is 0 Å². The Balaban J connectivity index is 0. The van der Waals surface area contributed by atoms with Gasteiger partial charge in [0.05, 0.1) is 0 Å². The molecule has 0 aliphatic heterocycles. The van der Waals surface area contributed by atoms with E-state index in [9.17, 15) is 26.3 Å². The first-order chi connectivity index (χ1) is 4.71. The first-order valence-corrected chi connectivity index (χ1v) is 2.84. The molecule has 2 radical (unpaired) electrons. The number of alkyl halides is 6. The molecule has 0 rings (SSSR count). The fourth-order valence-electron chi connectivity index (χ4n) is 0.489. The Bertz CT molecular complexity index is 100. The summed E-state index contributed by atoms with van der Waals surface area (Å²) in [4.78, 5) is 0. The van der Waals surface area contributed by atoms with Gasteiger partial charge in [0.1, 0.15) is 0 Å². The van der Waals surface area contributed by atoms with Crippen molar-refractivity contribution in [2.24, 2.45) is 0 Å². The summed E-state index contributed by atoms with van der Waals surface area (Å²) in [6.07, 6.45) is -12.6. The summed E-state index contributed by atoms with van der Waals surface area (Å²) in [5, 5.41) is 0. The van der Waals surface area contributed by atoms with Crippen molar-refractivity contribution >= 4 is 48.9 Å². The largest absolute Gasteiger partial charge is 0.389 e. The zero-order valence-electron chi connectivity index (χ0n) is 6.10. The second-order valence-electron chi connectivity index (χ2n) is 2.08. The second-order valence-corrected chi connectivity index (χ2v) is 2.08. The topological polar surface area (TPSA) is 0 Å². The van der Waals surface area contributed by atoms with Crippen molar-refractivity contribution in [3.05, 3.63) is 0 Å². The molecule has 0 amide bonds. The quantitative estimate of drug-likeness (QED) is 0.543. The van der Waals surface area contributed by atoms with Crippen molar-refractivity contribution in [1.82, 2.24) is 0 Å². The third-order valence-electron chi connectivity index (χ3n) is 0.921. The van der Waals surface area contributed by atoms with E-state index >= 15 is 0 Å². The minimum absolute atomic E-state index is 0. The van der Waals surface area contributed by atoms with Crippen LogP contribution in [0, 0.1) is 0 Å². The maximum Gasteiger partial charge on any atom is 0.389 e. The molecule has 0 aromatic heterocycles. The molecule has 0 saturated carbocycles. The molecule has 7 heteroatoms. The van der Waals surface area contributed by atoms with Gasteiger partial charge in [0.15, 0.2) is 0 Å². The summed E-state index contributed by atoms with van der Waals surface area (Å²) in [7, 11) is 0. The predicted molar refractivity (Wildman–Crippen MR) is 31.7 cm³/mol. The fourth-order valence-corrected chi connectivity index (χ4v) is 0.489. The zero-order chi connectivity index (χ0) is 9.12. The normalized spacial score (nSPS) is 12.5. The van der Waals surface area contributed by atoms with Crippen molar-refractivity contribution in [3.63, 3.8) is 0 Å². The average Bonchev–Trinajstić information content (AvgIpc) is 1.55. The van der Waals surface area contributed by atoms with Crippen LogP contribution < -0.4 is 0 Å². The number of halogens is 6. The molecule has 0 aromatic rings. The Morgan fingerprint density at radius 3 is 1.08 bits per heavy atom. The summed E-state index contributed by atoms with van der Waals surface area (Å²) in [5.74, 6) is 0. The van der Waals surface area contributed by atoms with Gasteiger partial charge in [0.25, 0.3) is 0 Å². The first-order valence-electron chi connectivity index (χ1n) is 2.84. The molecule has 12 heavy (non-hydrogen) atoms. The molecule has 0 N–H and O–H groups in total. The van der Waals surface area contributed by atoms with E-state index in [1.165, 1.54) is 0 Å². The molecule has 0 spiro atoms. The van der Waals surface area contributed by atoms with E-state index in [2.05, 4.69) is 0 Å². The Morgan fingerprint density at radius 1 is 0.667 bits per heavy atom. The van der Waals surface area contributed by atoms with E-state index in [-0.39, 0.29) is 48.9 Å². The molecule has 0 aliphatic carbocycles. The molecule has 0 aliphatic rings. The smallest absolute Gasteiger partial charge is 0.171 e. The van der Waals surface area contributed by atoms with E-state index in [0.717, 1.165) is 0 Å². The average molecular weight is 317 g/mol. The van der Waals surface area contributed by atoms with Crippen LogP contribution in [0.4, 0.5) is 26.3 Å². The standard InChI is InChI=1S/C5H6F6.Ba/c6-4(7,8)2-1-3-5(9,10)11;/h1-3H2;. The van der Waals surface area contributed by atoms with E-state index in [1.807, 2.05) is 0 Å². The van der Waals surface area contributed by atoms with Crippen LogP contribution >= 0.6 is 0 Å². The number of rotatable bonds is 2. The van der Waals surface area contributed by atoms with Gasteiger partial charge in [-0.2, -0.15) is 26.3 Å². The molecule has 0 saturated heterocycles. The van der Waals surface area contributed by atoms with Crippen LogP contribution in [0.25, 0.3) is 0 Å². The third kappa shape index (κ3) is 13.7. The van der Waals surface area contributed by atoms with E-state index in [1.54, 1.807) is 0 Å². The van der Waals surface area contributed by atoms with Crippen LogP contribution in [-0.2, 0) is 0 Å². The van der Waals surface area contributed by atoms with Crippen molar-refractivity contribution in [2.45, 2.75) is 31.6 Å². The van der Waals surface area contributed by atoms with E-state index in [4.69, 9.17) is 0 Å². The summed E-state index contributed by atoms with van der Waals surface area (Å²) in [6.45, 7) is 0. The Morgan fingerprint density at radius 2 is 0.917 bits per heavy atom. The molecule has 0 bridgehead atoms. The maximum absolute atomic E-state index is 11.3. The molecular formula is C5H6BaF6. The van der Waals surface area contributed by atoms with Crippen molar-refractivity contribution < 1.29 is 26.3 Å². The van der Waals surface area contributed by atoms with Crippen LogP contribution in [0.2, 0.25) is 0 Å². The third-order valence-corrected chi connectivity index (χ3v) is 0.921. The van der Waals surface area contributed by atoms with Gasteiger partial charge in [-0.15, -0.1) is 0 Å². The van der Waals surface area contributed by atoms with Gasteiger partial charge >= 0.3 is 12.4 Å². The van der Waals surface area contributed by atoms with Gasteiger partial charge in [0.2, 0.25) is 0 Å². The molecular weight excluding hydrogens is 311 g/mol. The number of hydrogen-bond acceptors (Lipinski definition) is 0. The maximum atomic E-state index is 11.3. The molecule has 0 fully saturated rings. The van der Waals surface area contributed by atoms with Gasteiger partial charge in [-0.25, -0.2) is 0 Å². The van der Waals surface area contributed by atoms with E-state index < -0.39 is 31.6 Å². The Labute approximate surface area is 106 Å². The van der Waals surface area contributed by atoms with Gasteiger partial charge in [0, 0.05) is 61.7 Å². The summed E-state index contributed by atoms with van der Waals surface area (Å²) in [5.41, 5.74) is 0. The molecule has 0 aromatic carbocycles. The molecule has 0 unspecified atom stereocenters. The van der Waals surface area contributed by atoms with Crippen LogP contribution in [-0.4, -0.2) is 61.2 Å². The molecule has 70 valence electrons. The number of hydrogen-bond donors (Lipinski definition) is 0. The summed E-state index contributed by atoms with van der Waals surface area (Å²) in [6, 6.07) is 0. The molecule has 0 heterocycles. The van der Waals surface area contributed by atoms with Gasteiger partial charge < -0.3 is 0 Å². The summed E-state index contributed by atoms with van der Waals surface area (Å²) >= 11 is 0. The monoisotopic (exact) mass is 318 g/mol. The van der Waals surface area contributed by atoms with Crippen molar-refractivity contribution in [2.75, 3.05) is 0 Å². The Kier molecular flexibility index (Phi) is 7.54. The van der Waals surface area contributed by atoms with Gasteiger partial charge in [-0.1, -0.05) is 0 Å². The molecule has 0 atom stereocenters. The van der Waals surface area contributed by atoms with Crippen molar-refractivity contribution in [3.8, 4) is 0 Å². The molecule has 0 nitrogen and oxygen atoms in total. The van der Waals surface area contributed by atoms with Crippen LogP contribution in [0.5, 0.6) is 0 Å². The van der Waals surface area contributed by atoms with Crippen LogP contribution in [0.1, 0.15) is 19.3 Å². The zero-order valence-corrected chi connectivity index (χ0v) is 10.5. The van der Waals surface area contributed by atoms with Gasteiger partial charge in [-0.3, -0.25) is 0 Å². The minimum Gasteiger partial charge on any atom is -0.171 e. The Hall–Kier alpha value is 1.15. The van der Waals surface area contributed by atoms with E-state index in [0.29, 0.717) is 0 Å². The first kappa shape index (κ1) is 15.6. The summed E-state index contributed by atoms with van der Waals surface area (Å²) < 4.78 is 67.6. The predicted octanol–water partition coefficient (Wildman–Crippen LogP) is 2.90. The van der Waals surface area contributed by atoms with Gasteiger partial charge in [-0.05, 0) is 6.42 Å². The SMILES string of the molecule is FC(F)(F)CCCC(F)(F)F.[Ba]. The second kappa shape index (κ2) is 5.79. The minimum atomic E-state index is -4.48. The van der Waals surface area contributed by atoms with Crippen molar-refractivity contribution in [1.29, 1.82) is 0 Å².